The second-order valence-corrected chi connectivity index (χ2v) is 6.48. The lowest BCUT2D eigenvalue weighted by Gasteiger charge is -2.26. The van der Waals surface area contributed by atoms with Crippen molar-refractivity contribution in [3.63, 3.8) is 0 Å². The first-order valence-corrected chi connectivity index (χ1v) is 8.63. The lowest BCUT2D eigenvalue weighted by Crippen LogP contribution is -2.30. The highest BCUT2D eigenvalue weighted by molar-refractivity contribution is 6.31. The van der Waals surface area contributed by atoms with Gasteiger partial charge in [-0.2, -0.15) is 13.2 Å². The van der Waals surface area contributed by atoms with E-state index >= 15 is 0 Å². The first-order valence-electron chi connectivity index (χ1n) is 7.72. The van der Waals surface area contributed by atoms with Crippen LogP contribution in [0.1, 0.15) is 30.4 Å². The summed E-state index contributed by atoms with van der Waals surface area (Å²) in [4.78, 5) is 10.8. The van der Waals surface area contributed by atoms with Crippen LogP contribution in [0.15, 0.2) is 17.7 Å². The molecule has 0 spiro atoms. The summed E-state index contributed by atoms with van der Waals surface area (Å²) in [5.74, 6) is 2.97. The molecule has 0 saturated heterocycles. The van der Waals surface area contributed by atoms with Crippen LogP contribution in [0.25, 0.3) is 6.08 Å². The Labute approximate surface area is 158 Å². The van der Waals surface area contributed by atoms with E-state index in [0.717, 1.165) is 0 Å². The SMILES string of the molecule is O=C(O)CC(C1=Cc2cc(Cl)cc(C#CCCCCl)c2OC1)C(F)(F)F. The summed E-state index contributed by atoms with van der Waals surface area (Å²) in [6.07, 6.45) is -3.17. The van der Waals surface area contributed by atoms with Crippen LogP contribution < -0.4 is 4.74 Å². The van der Waals surface area contributed by atoms with Gasteiger partial charge < -0.3 is 9.84 Å². The fourth-order valence-corrected chi connectivity index (χ4v) is 2.88. The number of aliphatic carboxylic acids is 1. The van der Waals surface area contributed by atoms with Crippen molar-refractivity contribution >= 4 is 35.2 Å². The first-order chi connectivity index (χ1) is 12.2. The fraction of sp³-hybridized carbons (Fsp3) is 0.389. The first kappa shape index (κ1) is 20.5. The Morgan fingerprint density at radius 1 is 1.38 bits per heavy atom. The van der Waals surface area contributed by atoms with Crippen molar-refractivity contribution in [1.82, 2.24) is 0 Å². The summed E-state index contributed by atoms with van der Waals surface area (Å²) in [6.45, 7) is -0.359. The third kappa shape index (κ3) is 5.33. The third-order valence-corrected chi connectivity index (χ3v) is 4.17. The Balaban J connectivity index is 2.40. The second-order valence-electron chi connectivity index (χ2n) is 5.67. The van der Waals surface area contributed by atoms with Crippen molar-refractivity contribution in [2.45, 2.75) is 25.4 Å². The van der Waals surface area contributed by atoms with Crippen molar-refractivity contribution in [2.75, 3.05) is 12.5 Å². The van der Waals surface area contributed by atoms with Crippen LogP contribution in [0.5, 0.6) is 5.75 Å². The van der Waals surface area contributed by atoms with Crippen LogP contribution in [0.4, 0.5) is 13.2 Å². The Hall–Kier alpha value is -1.84. The minimum Gasteiger partial charge on any atom is -0.487 e. The van der Waals surface area contributed by atoms with Crippen LogP contribution in [-0.2, 0) is 4.79 Å². The lowest BCUT2D eigenvalue weighted by atomic mass is 9.91. The Kier molecular flexibility index (Phi) is 6.85. The topological polar surface area (TPSA) is 46.5 Å². The Morgan fingerprint density at radius 2 is 2.12 bits per heavy atom. The molecule has 1 aromatic rings. The molecule has 1 atom stereocenters. The number of unbranched alkanes of at least 4 members (excludes halogenated alkanes) is 1. The number of carbonyl (C=O) groups is 1. The van der Waals surface area contributed by atoms with Crippen LogP contribution in [0, 0.1) is 17.8 Å². The zero-order valence-corrected chi connectivity index (χ0v) is 15.0. The lowest BCUT2D eigenvalue weighted by molar-refractivity contribution is -0.174. The minimum absolute atomic E-state index is 0.157. The van der Waals surface area contributed by atoms with Gasteiger partial charge in [0.05, 0.1) is 17.9 Å². The number of benzene rings is 1. The third-order valence-electron chi connectivity index (χ3n) is 3.69. The van der Waals surface area contributed by atoms with Gasteiger partial charge in [0.2, 0.25) is 0 Å². The van der Waals surface area contributed by atoms with Gasteiger partial charge in [0.15, 0.2) is 0 Å². The molecule has 26 heavy (non-hydrogen) atoms. The van der Waals surface area contributed by atoms with Gasteiger partial charge in [-0.15, -0.1) is 11.6 Å². The van der Waals surface area contributed by atoms with Gasteiger partial charge >= 0.3 is 12.1 Å². The van der Waals surface area contributed by atoms with E-state index in [2.05, 4.69) is 11.8 Å². The molecular weight excluding hydrogens is 392 g/mol. The maximum absolute atomic E-state index is 13.2. The van der Waals surface area contributed by atoms with Crippen molar-refractivity contribution in [1.29, 1.82) is 0 Å². The molecule has 0 aliphatic carbocycles. The van der Waals surface area contributed by atoms with E-state index in [9.17, 15) is 18.0 Å². The van der Waals surface area contributed by atoms with Gasteiger partial charge in [-0.05, 0) is 30.2 Å². The number of fused-ring (bicyclic) bond motifs is 1. The number of hydrogen-bond acceptors (Lipinski definition) is 2. The molecule has 2 rings (SSSR count). The van der Waals surface area contributed by atoms with E-state index in [1.54, 1.807) is 6.07 Å². The normalized spacial score (nSPS) is 14.4. The quantitative estimate of drug-likeness (QED) is 0.418. The second kappa shape index (κ2) is 8.70. The number of hydrogen-bond donors (Lipinski definition) is 1. The van der Waals surface area contributed by atoms with E-state index in [4.69, 9.17) is 33.0 Å². The standard InChI is InChI=1S/C18H15Cl2F3O3/c19-5-3-1-2-4-11-7-14(20)8-12-6-13(10-26-17(11)12)15(9-16(24)25)18(21,22)23/h6-8,15H,1,3,5,9-10H2,(H,24,25). The summed E-state index contributed by atoms with van der Waals surface area (Å²) >= 11 is 11.6. The molecule has 1 aliphatic rings. The zero-order chi connectivity index (χ0) is 19.3. The fourth-order valence-electron chi connectivity index (χ4n) is 2.52. The molecule has 0 aromatic heterocycles. The summed E-state index contributed by atoms with van der Waals surface area (Å²) < 4.78 is 45.1. The molecule has 1 N–H and O–H groups in total. The van der Waals surface area contributed by atoms with Crippen molar-refractivity contribution in [3.05, 3.63) is 33.9 Å². The molecule has 1 unspecified atom stereocenters. The molecule has 0 amide bonds. The number of ether oxygens (including phenoxy) is 1. The maximum atomic E-state index is 13.2. The zero-order valence-electron chi connectivity index (χ0n) is 13.5. The van der Waals surface area contributed by atoms with E-state index in [0.29, 0.717) is 40.6 Å². The molecule has 3 nitrogen and oxygen atoms in total. The molecule has 0 bridgehead atoms. The number of carboxylic acids is 1. The molecule has 0 radical (unpaired) electrons. The van der Waals surface area contributed by atoms with Gasteiger partial charge in [-0.1, -0.05) is 23.4 Å². The highest BCUT2D eigenvalue weighted by atomic mass is 35.5. The molecule has 1 aliphatic heterocycles. The van der Waals surface area contributed by atoms with E-state index in [1.807, 2.05) is 0 Å². The predicted molar refractivity (Wildman–Crippen MR) is 93.6 cm³/mol. The summed E-state index contributed by atoms with van der Waals surface area (Å²) in [6, 6.07) is 3.04. The Bertz CT molecular complexity index is 776. The summed E-state index contributed by atoms with van der Waals surface area (Å²) in [7, 11) is 0. The van der Waals surface area contributed by atoms with E-state index in [1.165, 1.54) is 12.1 Å². The van der Waals surface area contributed by atoms with Gasteiger partial charge in [-0.25, -0.2) is 0 Å². The van der Waals surface area contributed by atoms with Crippen molar-refractivity contribution < 1.29 is 27.8 Å². The van der Waals surface area contributed by atoms with Crippen LogP contribution in [0.2, 0.25) is 5.02 Å². The van der Waals surface area contributed by atoms with Gasteiger partial charge in [-0.3, -0.25) is 4.79 Å². The van der Waals surface area contributed by atoms with Crippen LogP contribution >= 0.6 is 23.2 Å². The molecule has 8 heteroatoms. The summed E-state index contributed by atoms with van der Waals surface area (Å²) in [5, 5.41) is 9.08. The predicted octanol–water partition coefficient (Wildman–Crippen LogP) is 5.14. The highest BCUT2D eigenvalue weighted by Gasteiger charge is 2.44. The van der Waals surface area contributed by atoms with E-state index in [-0.39, 0.29) is 12.2 Å². The molecule has 1 heterocycles. The van der Waals surface area contributed by atoms with Gasteiger partial charge in [0.1, 0.15) is 12.4 Å². The number of carboxylic acid groups (broad SMARTS) is 1. The van der Waals surface area contributed by atoms with Gasteiger partial charge in [0.25, 0.3) is 0 Å². The monoisotopic (exact) mass is 406 g/mol. The summed E-state index contributed by atoms with van der Waals surface area (Å²) in [5.41, 5.74) is 0.662. The number of rotatable bonds is 5. The maximum Gasteiger partial charge on any atom is 0.396 e. The smallest absolute Gasteiger partial charge is 0.396 e. The van der Waals surface area contributed by atoms with Crippen LogP contribution in [-0.4, -0.2) is 29.7 Å². The van der Waals surface area contributed by atoms with Gasteiger partial charge in [0, 0.05) is 22.9 Å². The molecule has 0 fully saturated rings. The number of alkyl halides is 4. The van der Waals surface area contributed by atoms with Crippen LogP contribution in [0.3, 0.4) is 0 Å². The molecule has 0 saturated carbocycles. The largest absolute Gasteiger partial charge is 0.487 e. The Morgan fingerprint density at radius 3 is 2.73 bits per heavy atom. The molecular formula is C18H15Cl2F3O3. The minimum atomic E-state index is -4.69. The average Bonchev–Trinajstić information content (AvgIpc) is 2.54. The molecule has 1 aromatic carbocycles. The van der Waals surface area contributed by atoms with Crippen molar-refractivity contribution in [3.8, 4) is 17.6 Å². The van der Waals surface area contributed by atoms with Crippen molar-refractivity contribution in [2.24, 2.45) is 5.92 Å². The highest BCUT2D eigenvalue weighted by Crippen LogP contribution is 2.40. The average molecular weight is 407 g/mol. The molecule has 140 valence electrons. The number of halogens is 5. The van der Waals surface area contributed by atoms with E-state index < -0.39 is 24.5 Å².